The lowest BCUT2D eigenvalue weighted by Gasteiger charge is -2.12. The fraction of sp³-hybridized carbons (Fsp3) is 1.00. The molecular formula is C9H21NO3S. The number of hydrogen-bond acceptors (Lipinski definition) is 3. The Kier molecular flexibility index (Phi) is 7.13. The van der Waals surface area contributed by atoms with E-state index in [9.17, 15) is 8.42 Å². The third-order valence-corrected chi connectivity index (χ3v) is 2.83. The second-order valence-corrected chi connectivity index (χ2v) is 5.21. The summed E-state index contributed by atoms with van der Waals surface area (Å²) in [6, 6.07) is 0.147. The summed E-state index contributed by atoms with van der Waals surface area (Å²) in [6.45, 7) is 4.99. The molecule has 1 unspecified atom stereocenters. The normalized spacial score (nSPS) is 14.2. The third kappa shape index (κ3) is 9.95. The lowest BCUT2D eigenvalue weighted by molar-refractivity contribution is 0.466. The Morgan fingerprint density at radius 3 is 2.50 bits per heavy atom. The Bertz CT molecular complexity index is 226. The van der Waals surface area contributed by atoms with Crippen molar-refractivity contribution in [2.45, 2.75) is 45.6 Å². The summed E-state index contributed by atoms with van der Waals surface area (Å²) in [7, 11) is -3.79. The summed E-state index contributed by atoms with van der Waals surface area (Å²) in [5.74, 6) is -0.158. The Hall–Kier alpha value is -0.130. The molecule has 0 aromatic heterocycles. The van der Waals surface area contributed by atoms with E-state index in [2.05, 4.69) is 12.2 Å². The van der Waals surface area contributed by atoms with Crippen LogP contribution >= 0.6 is 0 Å². The predicted octanol–water partition coefficient (Wildman–Crippen LogP) is 1.43. The summed E-state index contributed by atoms with van der Waals surface area (Å²) < 4.78 is 29.4. The Balaban J connectivity index is 3.42. The van der Waals surface area contributed by atoms with Crippen LogP contribution in [0.4, 0.5) is 0 Å². The molecular weight excluding hydrogens is 202 g/mol. The van der Waals surface area contributed by atoms with E-state index in [1.165, 1.54) is 12.8 Å². The lowest BCUT2D eigenvalue weighted by atomic mass is 10.2. The van der Waals surface area contributed by atoms with E-state index >= 15 is 0 Å². The molecule has 4 nitrogen and oxygen atoms in total. The quantitative estimate of drug-likeness (QED) is 0.482. The third-order valence-electron chi connectivity index (χ3n) is 2.08. The summed E-state index contributed by atoms with van der Waals surface area (Å²) in [5, 5.41) is 3.21. The molecule has 0 heterocycles. The number of unbranched alkanes of at least 4 members (excludes halogenated alkanes) is 2. The van der Waals surface area contributed by atoms with E-state index in [1.54, 1.807) is 0 Å². The van der Waals surface area contributed by atoms with Gasteiger partial charge < -0.3 is 5.32 Å². The van der Waals surface area contributed by atoms with Crippen LogP contribution in [0.25, 0.3) is 0 Å². The summed E-state index contributed by atoms with van der Waals surface area (Å²) >= 11 is 0. The monoisotopic (exact) mass is 223 g/mol. The van der Waals surface area contributed by atoms with Gasteiger partial charge in [-0.1, -0.05) is 19.8 Å². The van der Waals surface area contributed by atoms with Crippen LogP contribution in [0.2, 0.25) is 0 Å². The molecule has 1 atom stereocenters. The number of hydrogen-bond donors (Lipinski definition) is 2. The minimum Gasteiger partial charge on any atom is -0.314 e. The van der Waals surface area contributed by atoms with Crippen molar-refractivity contribution in [3.05, 3.63) is 0 Å². The van der Waals surface area contributed by atoms with Gasteiger partial charge in [0, 0.05) is 6.04 Å². The molecule has 0 fully saturated rings. The van der Waals surface area contributed by atoms with Crippen molar-refractivity contribution in [1.82, 2.24) is 5.32 Å². The first kappa shape index (κ1) is 13.9. The largest absolute Gasteiger partial charge is 0.314 e. The Morgan fingerprint density at radius 2 is 2.00 bits per heavy atom. The average Bonchev–Trinajstić information content (AvgIpc) is 2.08. The maximum absolute atomic E-state index is 10.4. The van der Waals surface area contributed by atoms with E-state index < -0.39 is 10.1 Å². The van der Waals surface area contributed by atoms with Gasteiger partial charge in [0.05, 0.1) is 5.75 Å². The molecule has 2 N–H and O–H groups in total. The maximum Gasteiger partial charge on any atom is 0.264 e. The van der Waals surface area contributed by atoms with E-state index in [4.69, 9.17) is 4.55 Å². The molecule has 0 amide bonds. The van der Waals surface area contributed by atoms with Crippen LogP contribution in [0.15, 0.2) is 0 Å². The molecule has 0 rings (SSSR count). The molecule has 0 spiro atoms. The SMILES string of the molecule is CCCCCNC(C)CCS(=O)(=O)O. The predicted molar refractivity (Wildman–Crippen MR) is 58.0 cm³/mol. The van der Waals surface area contributed by atoms with Crippen LogP contribution in [-0.4, -0.2) is 31.3 Å². The molecule has 86 valence electrons. The molecule has 0 bridgehead atoms. The van der Waals surface area contributed by atoms with Gasteiger partial charge in [-0.05, 0) is 26.3 Å². The van der Waals surface area contributed by atoms with Gasteiger partial charge in [-0.3, -0.25) is 4.55 Å². The van der Waals surface area contributed by atoms with Crippen molar-refractivity contribution >= 4 is 10.1 Å². The average molecular weight is 223 g/mol. The van der Waals surface area contributed by atoms with Crippen LogP contribution in [-0.2, 0) is 10.1 Å². The number of rotatable bonds is 8. The standard InChI is InChI=1S/C9H21NO3S/c1-3-4-5-7-10-9(2)6-8-14(11,12)13/h9-10H,3-8H2,1-2H3,(H,11,12,13). The minimum absolute atomic E-state index is 0.147. The minimum atomic E-state index is -3.79. The van der Waals surface area contributed by atoms with Gasteiger partial charge in [0.25, 0.3) is 10.1 Å². The van der Waals surface area contributed by atoms with Crippen molar-refractivity contribution in [1.29, 1.82) is 0 Å². The van der Waals surface area contributed by atoms with Crippen LogP contribution in [0, 0.1) is 0 Å². The lowest BCUT2D eigenvalue weighted by Crippen LogP contribution is -2.29. The van der Waals surface area contributed by atoms with Gasteiger partial charge in [0.2, 0.25) is 0 Å². The van der Waals surface area contributed by atoms with E-state index in [-0.39, 0.29) is 11.8 Å². The smallest absolute Gasteiger partial charge is 0.264 e. The molecule has 0 aliphatic carbocycles. The van der Waals surface area contributed by atoms with Crippen molar-refractivity contribution in [2.75, 3.05) is 12.3 Å². The molecule has 5 heteroatoms. The first-order valence-electron chi connectivity index (χ1n) is 5.14. The highest BCUT2D eigenvalue weighted by atomic mass is 32.2. The number of nitrogens with one attached hydrogen (secondary N) is 1. The summed E-state index contributed by atoms with van der Waals surface area (Å²) in [4.78, 5) is 0. The van der Waals surface area contributed by atoms with Crippen LogP contribution < -0.4 is 5.32 Å². The fourth-order valence-electron chi connectivity index (χ4n) is 1.15. The fourth-order valence-corrected chi connectivity index (χ4v) is 1.80. The van der Waals surface area contributed by atoms with Gasteiger partial charge >= 0.3 is 0 Å². The first-order valence-corrected chi connectivity index (χ1v) is 6.75. The zero-order chi connectivity index (χ0) is 11.0. The van der Waals surface area contributed by atoms with Gasteiger partial charge in [0.15, 0.2) is 0 Å². The molecule has 0 aliphatic rings. The van der Waals surface area contributed by atoms with E-state index in [0.29, 0.717) is 6.42 Å². The van der Waals surface area contributed by atoms with Gasteiger partial charge in [-0.15, -0.1) is 0 Å². The van der Waals surface area contributed by atoms with Crippen molar-refractivity contribution in [2.24, 2.45) is 0 Å². The van der Waals surface area contributed by atoms with Crippen LogP contribution in [0.3, 0.4) is 0 Å². The van der Waals surface area contributed by atoms with Crippen molar-refractivity contribution in [3.63, 3.8) is 0 Å². The molecule has 0 saturated carbocycles. The highest BCUT2D eigenvalue weighted by Crippen LogP contribution is 1.97. The highest BCUT2D eigenvalue weighted by molar-refractivity contribution is 7.85. The van der Waals surface area contributed by atoms with E-state index in [0.717, 1.165) is 13.0 Å². The summed E-state index contributed by atoms with van der Waals surface area (Å²) in [5.41, 5.74) is 0. The molecule has 0 radical (unpaired) electrons. The van der Waals surface area contributed by atoms with Crippen LogP contribution in [0.1, 0.15) is 39.5 Å². The van der Waals surface area contributed by atoms with E-state index in [1.807, 2.05) is 6.92 Å². The second-order valence-electron chi connectivity index (χ2n) is 3.64. The Labute approximate surface area is 86.8 Å². The summed E-state index contributed by atoms with van der Waals surface area (Å²) in [6.07, 6.45) is 3.96. The molecule has 0 aromatic rings. The van der Waals surface area contributed by atoms with Crippen molar-refractivity contribution in [3.8, 4) is 0 Å². The molecule has 0 saturated heterocycles. The second kappa shape index (κ2) is 7.20. The molecule has 0 aromatic carbocycles. The van der Waals surface area contributed by atoms with Gasteiger partial charge in [-0.2, -0.15) is 8.42 Å². The van der Waals surface area contributed by atoms with Gasteiger partial charge in [0.1, 0.15) is 0 Å². The highest BCUT2D eigenvalue weighted by Gasteiger charge is 2.08. The molecule has 14 heavy (non-hydrogen) atoms. The Morgan fingerprint density at radius 1 is 1.36 bits per heavy atom. The van der Waals surface area contributed by atoms with Crippen molar-refractivity contribution < 1.29 is 13.0 Å². The topological polar surface area (TPSA) is 66.4 Å². The maximum atomic E-state index is 10.4. The first-order chi connectivity index (χ1) is 6.45. The zero-order valence-electron chi connectivity index (χ0n) is 8.99. The van der Waals surface area contributed by atoms with Crippen LogP contribution in [0.5, 0.6) is 0 Å². The molecule has 0 aliphatic heterocycles. The zero-order valence-corrected chi connectivity index (χ0v) is 9.81. The van der Waals surface area contributed by atoms with Gasteiger partial charge in [-0.25, -0.2) is 0 Å².